The van der Waals surface area contributed by atoms with Gasteiger partial charge in [0.05, 0.1) is 13.2 Å². The van der Waals surface area contributed by atoms with Crippen LogP contribution < -0.4 is 0 Å². The summed E-state index contributed by atoms with van der Waals surface area (Å²) in [5.41, 5.74) is 0.416. The second-order valence-corrected chi connectivity index (χ2v) is 4.05. The summed E-state index contributed by atoms with van der Waals surface area (Å²) < 4.78 is 9.59. The molecular weight excluding hydrogens is 288 g/mol. The summed E-state index contributed by atoms with van der Waals surface area (Å²) in [6, 6.07) is 8.38. The van der Waals surface area contributed by atoms with Crippen LogP contribution in [-0.2, 0) is 14.3 Å². The standard InChI is InChI=1S/C15H18N2O5/c1-4-21-14(19)16-13(12-9-7-6-8-10-12)17(11(3)18)15(20)22-5-2/h6-10H,4-5H2,1-3H3/b16-13+. The first kappa shape index (κ1) is 17.4. The third kappa shape index (κ3) is 4.69. The largest absolute Gasteiger partial charge is 0.449 e. The monoisotopic (exact) mass is 306 g/mol. The molecule has 0 aromatic heterocycles. The Hall–Kier alpha value is -2.70. The van der Waals surface area contributed by atoms with Crippen LogP contribution in [0.15, 0.2) is 35.3 Å². The maximum absolute atomic E-state index is 12.0. The maximum Gasteiger partial charge on any atom is 0.435 e. The van der Waals surface area contributed by atoms with E-state index in [1.165, 1.54) is 6.92 Å². The van der Waals surface area contributed by atoms with E-state index < -0.39 is 18.1 Å². The maximum atomic E-state index is 12.0. The number of amides is 3. The van der Waals surface area contributed by atoms with Crippen LogP contribution in [0.2, 0.25) is 0 Å². The Bertz CT molecular complexity index is 569. The van der Waals surface area contributed by atoms with E-state index in [4.69, 9.17) is 9.47 Å². The predicted octanol–water partition coefficient (Wildman–Crippen LogP) is 2.59. The Morgan fingerprint density at radius 2 is 1.64 bits per heavy atom. The fraction of sp³-hybridized carbons (Fsp3) is 0.333. The van der Waals surface area contributed by atoms with E-state index in [9.17, 15) is 14.4 Å². The summed E-state index contributed by atoms with van der Waals surface area (Å²) in [6.07, 6.45) is -1.79. The quantitative estimate of drug-likeness (QED) is 0.633. The van der Waals surface area contributed by atoms with Crippen molar-refractivity contribution in [2.75, 3.05) is 13.2 Å². The first-order chi connectivity index (χ1) is 10.5. The van der Waals surface area contributed by atoms with Crippen LogP contribution in [0.5, 0.6) is 0 Å². The minimum absolute atomic E-state index is 0.0874. The Labute approximate surface area is 128 Å². The zero-order chi connectivity index (χ0) is 16.5. The molecule has 0 N–H and O–H groups in total. The average Bonchev–Trinajstić information content (AvgIpc) is 2.47. The number of ether oxygens (including phenoxy) is 2. The number of benzene rings is 1. The molecule has 1 rings (SSSR count). The molecule has 0 aliphatic rings. The van der Waals surface area contributed by atoms with Crippen molar-refractivity contribution in [3.05, 3.63) is 35.9 Å². The van der Waals surface area contributed by atoms with Crippen LogP contribution in [0.1, 0.15) is 26.3 Å². The van der Waals surface area contributed by atoms with Gasteiger partial charge in [-0.05, 0) is 13.8 Å². The normalized spacial score (nSPS) is 10.8. The zero-order valence-corrected chi connectivity index (χ0v) is 12.7. The van der Waals surface area contributed by atoms with Crippen molar-refractivity contribution >= 4 is 23.9 Å². The summed E-state index contributed by atoms with van der Waals surface area (Å²) in [7, 11) is 0. The number of aliphatic imine (C=N–C) groups is 1. The van der Waals surface area contributed by atoms with Crippen molar-refractivity contribution in [1.29, 1.82) is 0 Å². The molecule has 0 heterocycles. The lowest BCUT2D eigenvalue weighted by atomic mass is 10.2. The van der Waals surface area contributed by atoms with E-state index in [2.05, 4.69) is 4.99 Å². The minimum Gasteiger partial charge on any atom is -0.449 e. The summed E-state index contributed by atoms with van der Waals surface area (Å²) in [5.74, 6) is -0.754. The number of carbonyl (C=O) groups excluding carboxylic acids is 3. The fourth-order valence-electron chi connectivity index (χ4n) is 1.63. The summed E-state index contributed by atoms with van der Waals surface area (Å²) in [6.45, 7) is 4.64. The molecule has 7 nitrogen and oxygen atoms in total. The van der Waals surface area contributed by atoms with Gasteiger partial charge in [-0.15, -0.1) is 0 Å². The average molecular weight is 306 g/mol. The van der Waals surface area contributed by atoms with Crippen molar-refractivity contribution in [2.45, 2.75) is 20.8 Å². The van der Waals surface area contributed by atoms with Gasteiger partial charge < -0.3 is 9.47 Å². The predicted molar refractivity (Wildman–Crippen MR) is 79.5 cm³/mol. The van der Waals surface area contributed by atoms with Crippen molar-refractivity contribution in [3.8, 4) is 0 Å². The van der Waals surface area contributed by atoms with Gasteiger partial charge in [0.1, 0.15) is 0 Å². The molecule has 0 saturated carbocycles. The molecule has 1 aromatic carbocycles. The van der Waals surface area contributed by atoms with Crippen LogP contribution in [0.25, 0.3) is 0 Å². The number of hydrogen-bond donors (Lipinski definition) is 0. The van der Waals surface area contributed by atoms with Gasteiger partial charge in [0.25, 0.3) is 0 Å². The molecule has 0 radical (unpaired) electrons. The summed E-state index contributed by atoms with van der Waals surface area (Å²) in [4.78, 5) is 39.9. The van der Waals surface area contributed by atoms with Crippen LogP contribution >= 0.6 is 0 Å². The van der Waals surface area contributed by atoms with E-state index in [1.54, 1.807) is 44.2 Å². The SMILES string of the molecule is CCOC(=O)/N=C(\c1ccccc1)N(C(C)=O)C(=O)OCC. The topological polar surface area (TPSA) is 85.3 Å². The lowest BCUT2D eigenvalue weighted by Gasteiger charge is -2.20. The first-order valence-electron chi connectivity index (χ1n) is 6.79. The molecule has 7 heteroatoms. The van der Waals surface area contributed by atoms with Gasteiger partial charge >= 0.3 is 12.2 Å². The number of rotatable bonds is 3. The third-order valence-corrected chi connectivity index (χ3v) is 2.47. The highest BCUT2D eigenvalue weighted by Crippen LogP contribution is 2.10. The van der Waals surface area contributed by atoms with Crippen molar-refractivity contribution in [3.63, 3.8) is 0 Å². The molecule has 0 atom stereocenters. The van der Waals surface area contributed by atoms with Gasteiger partial charge in [-0.25, -0.2) is 9.59 Å². The van der Waals surface area contributed by atoms with Gasteiger partial charge in [-0.2, -0.15) is 9.89 Å². The van der Waals surface area contributed by atoms with Crippen LogP contribution in [0, 0.1) is 0 Å². The number of imide groups is 1. The molecule has 3 amide bonds. The Kier molecular flexibility index (Phi) is 6.75. The lowest BCUT2D eigenvalue weighted by molar-refractivity contribution is -0.123. The highest BCUT2D eigenvalue weighted by Gasteiger charge is 2.27. The molecule has 0 saturated heterocycles. The van der Waals surface area contributed by atoms with E-state index >= 15 is 0 Å². The number of carbonyl (C=O) groups is 3. The van der Waals surface area contributed by atoms with Crippen LogP contribution in [0.3, 0.4) is 0 Å². The van der Waals surface area contributed by atoms with Gasteiger partial charge in [-0.1, -0.05) is 30.3 Å². The molecule has 118 valence electrons. The molecule has 1 aromatic rings. The second kappa shape index (κ2) is 8.56. The van der Waals surface area contributed by atoms with Crippen molar-refractivity contribution in [2.24, 2.45) is 4.99 Å². The van der Waals surface area contributed by atoms with Crippen LogP contribution in [0.4, 0.5) is 9.59 Å². The molecule has 22 heavy (non-hydrogen) atoms. The first-order valence-corrected chi connectivity index (χ1v) is 6.79. The number of nitrogens with zero attached hydrogens (tertiary/aromatic N) is 2. The number of amidine groups is 1. The van der Waals surface area contributed by atoms with Gasteiger partial charge in [0, 0.05) is 12.5 Å². The highest BCUT2D eigenvalue weighted by molar-refractivity contribution is 6.18. The van der Waals surface area contributed by atoms with E-state index in [1.807, 2.05) is 0 Å². The molecule has 0 fully saturated rings. The molecule has 0 bridgehead atoms. The molecule has 0 aliphatic carbocycles. The Morgan fingerprint density at radius 3 is 2.14 bits per heavy atom. The van der Waals surface area contributed by atoms with Gasteiger partial charge in [-0.3, -0.25) is 4.79 Å². The third-order valence-electron chi connectivity index (χ3n) is 2.47. The molecule has 0 aliphatic heterocycles. The summed E-state index contributed by atoms with van der Waals surface area (Å²) >= 11 is 0. The lowest BCUT2D eigenvalue weighted by Crippen LogP contribution is -2.42. The molecule has 0 spiro atoms. The second-order valence-electron chi connectivity index (χ2n) is 4.05. The molecular formula is C15H18N2O5. The Morgan fingerprint density at radius 1 is 1.05 bits per heavy atom. The fourth-order valence-corrected chi connectivity index (χ4v) is 1.63. The van der Waals surface area contributed by atoms with E-state index in [0.29, 0.717) is 10.5 Å². The van der Waals surface area contributed by atoms with Crippen molar-refractivity contribution < 1.29 is 23.9 Å². The van der Waals surface area contributed by atoms with Crippen molar-refractivity contribution in [1.82, 2.24) is 4.90 Å². The minimum atomic E-state index is -0.901. The smallest absolute Gasteiger partial charge is 0.435 e. The van der Waals surface area contributed by atoms with Crippen LogP contribution in [-0.4, -0.2) is 42.0 Å². The van der Waals surface area contributed by atoms with E-state index in [0.717, 1.165) is 0 Å². The van der Waals surface area contributed by atoms with Gasteiger partial charge in [0.2, 0.25) is 5.91 Å². The van der Waals surface area contributed by atoms with Gasteiger partial charge in [0.15, 0.2) is 5.84 Å². The summed E-state index contributed by atoms with van der Waals surface area (Å²) in [5, 5.41) is 0. The highest BCUT2D eigenvalue weighted by atomic mass is 16.6. The van der Waals surface area contributed by atoms with E-state index in [-0.39, 0.29) is 19.0 Å². The number of hydrogen-bond acceptors (Lipinski definition) is 5. The molecule has 0 unspecified atom stereocenters. The zero-order valence-electron chi connectivity index (χ0n) is 12.7. The Balaban J connectivity index is 3.31.